The first-order valence-corrected chi connectivity index (χ1v) is 9.90. The second-order valence-corrected chi connectivity index (χ2v) is 7.47. The fourth-order valence-corrected chi connectivity index (χ4v) is 4.28. The Kier molecular flexibility index (Phi) is 6.78. The Morgan fingerprint density at radius 1 is 1.11 bits per heavy atom. The smallest absolute Gasteiger partial charge is 0.307 e. The number of amides is 1. The zero-order valence-electron chi connectivity index (χ0n) is 17.0. The van der Waals surface area contributed by atoms with Crippen molar-refractivity contribution >= 4 is 11.9 Å². The van der Waals surface area contributed by atoms with Gasteiger partial charge in [0.05, 0.1) is 34.3 Å². The van der Waals surface area contributed by atoms with Gasteiger partial charge < -0.3 is 19.5 Å². The molecule has 154 valence electrons. The molecule has 2 aliphatic rings. The Hall–Kier alpha value is -2.28. The van der Waals surface area contributed by atoms with Crippen LogP contribution in [0.15, 0.2) is 12.1 Å². The van der Waals surface area contributed by atoms with E-state index < -0.39 is 0 Å². The first-order chi connectivity index (χ1) is 13.5. The normalized spacial score (nSPS) is 19.8. The van der Waals surface area contributed by atoms with Crippen LogP contribution in [-0.2, 0) is 20.7 Å². The Labute approximate surface area is 166 Å². The fraction of sp³-hybridized carbons (Fsp3) is 0.619. The summed E-state index contributed by atoms with van der Waals surface area (Å²) in [4.78, 5) is 26.7. The van der Waals surface area contributed by atoms with Crippen LogP contribution in [0.5, 0.6) is 11.5 Å². The summed E-state index contributed by atoms with van der Waals surface area (Å²) in [5.41, 5.74) is 2.10. The summed E-state index contributed by atoms with van der Waals surface area (Å²) < 4.78 is 15.8. The molecule has 1 saturated carbocycles. The summed E-state index contributed by atoms with van der Waals surface area (Å²) >= 11 is 0. The maximum Gasteiger partial charge on any atom is 0.307 e. The van der Waals surface area contributed by atoms with E-state index in [-0.39, 0.29) is 36.9 Å². The van der Waals surface area contributed by atoms with Crippen molar-refractivity contribution in [2.75, 3.05) is 34.4 Å². The highest BCUT2D eigenvalue weighted by Gasteiger charge is 2.32. The minimum atomic E-state index is -0.297. The minimum absolute atomic E-state index is 0.0192. The Balaban J connectivity index is 1.82. The van der Waals surface area contributed by atoms with Crippen molar-refractivity contribution < 1.29 is 23.8 Å². The molecule has 0 spiro atoms. The number of nitrogens with one attached hydrogen (secondary N) is 1. The number of ether oxygens (including phenoxy) is 3. The third-order valence-corrected chi connectivity index (χ3v) is 5.77. The lowest BCUT2D eigenvalue weighted by molar-refractivity contribution is -0.142. The summed E-state index contributed by atoms with van der Waals surface area (Å²) in [6, 6.07) is 3.94. The average Bonchev–Trinajstić information content (AvgIpc) is 3.21. The summed E-state index contributed by atoms with van der Waals surface area (Å²) in [5, 5.41) is 3.14. The molecule has 1 aromatic carbocycles. The Bertz CT molecular complexity index is 715. The number of carbonyl (C=O) groups excluding carboxylic acids is 2. The van der Waals surface area contributed by atoms with Crippen molar-refractivity contribution in [1.82, 2.24) is 10.2 Å². The van der Waals surface area contributed by atoms with Gasteiger partial charge in [-0.05, 0) is 42.5 Å². The van der Waals surface area contributed by atoms with E-state index in [1.807, 2.05) is 12.1 Å². The largest absolute Gasteiger partial charge is 0.493 e. The molecular weight excluding hydrogens is 360 g/mol. The van der Waals surface area contributed by atoms with Crippen molar-refractivity contribution in [2.45, 2.75) is 50.6 Å². The van der Waals surface area contributed by atoms with Gasteiger partial charge in [-0.15, -0.1) is 0 Å². The molecule has 7 heteroatoms. The van der Waals surface area contributed by atoms with Gasteiger partial charge in [0.25, 0.3) is 0 Å². The molecule has 0 radical (unpaired) electrons. The molecule has 1 unspecified atom stereocenters. The zero-order chi connectivity index (χ0) is 20.1. The second-order valence-electron chi connectivity index (χ2n) is 7.47. The fourth-order valence-electron chi connectivity index (χ4n) is 4.28. The van der Waals surface area contributed by atoms with Crippen LogP contribution in [-0.4, -0.2) is 57.2 Å². The van der Waals surface area contributed by atoms with Gasteiger partial charge in [0.1, 0.15) is 0 Å². The number of rotatable bonds is 7. The van der Waals surface area contributed by atoms with Crippen LogP contribution in [0.3, 0.4) is 0 Å². The Morgan fingerprint density at radius 2 is 1.79 bits per heavy atom. The maximum absolute atomic E-state index is 12.6. The summed E-state index contributed by atoms with van der Waals surface area (Å²) in [7, 11) is 4.59. The number of hydrogen-bond acceptors (Lipinski definition) is 6. The van der Waals surface area contributed by atoms with E-state index in [2.05, 4.69) is 10.2 Å². The highest BCUT2D eigenvalue weighted by molar-refractivity contribution is 5.79. The van der Waals surface area contributed by atoms with Crippen LogP contribution in [0, 0.1) is 0 Å². The van der Waals surface area contributed by atoms with Crippen LogP contribution in [0.1, 0.15) is 49.3 Å². The molecule has 1 heterocycles. The van der Waals surface area contributed by atoms with Crippen LogP contribution >= 0.6 is 0 Å². The third kappa shape index (κ3) is 4.58. The average molecular weight is 390 g/mol. The first kappa shape index (κ1) is 20.5. The van der Waals surface area contributed by atoms with Crippen LogP contribution in [0.2, 0.25) is 0 Å². The molecule has 28 heavy (non-hydrogen) atoms. The predicted octanol–water partition coefficient (Wildman–Crippen LogP) is 2.22. The Morgan fingerprint density at radius 3 is 2.43 bits per heavy atom. The molecule has 1 fully saturated rings. The van der Waals surface area contributed by atoms with Crippen LogP contribution in [0.4, 0.5) is 0 Å². The molecule has 0 saturated heterocycles. The van der Waals surface area contributed by atoms with Gasteiger partial charge in [-0.2, -0.15) is 0 Å². The van der Waals surface area contributed by atoms with Gasteiger partial charge in [0.2, 0.25) is 5.91 Å². The molecule has 1 atom stereocenters. The molecule has 1 N–H and O–H groups in total. The van der Waals surface area contributed by atoms with Crippen molar-refractivity contribution in [2.24, 2.45) is 0 Å². The SMILES string of the molecule is COC(=O)CC1c2cc(OC)c(OC)cc2CCN1CC(=O)NC1CCCC1. The van der Waals surface area contributed by atoms with Crippen molar-refractivity contribution in [1.29, 1.82) is 0 Å². The van der Waals surface area contributed by atoms with Crippen molar-refractivity contribution in [3.05, 3.63) is 23.3 Å². The molecule has 1 aliphatic heterocycles. The lowest BCUT2D eigenvalue weighted by Crippen LogP contribution is -2.45. The molecular formula is C21H30N2O5. The van der Waals surface area contributed by atoms with E-state index in [1.54, 1.807) is 14.2 Å². The molecule has 1 aromatic rings. The lowest BCUT2D eigenvalue weighted by Gasteiger charge is -2.37. The van der Waals surface area contributed by atoms with E-state index in [9.17, 15) is 9.59 Å². The minimum Gasteiger partial charge on any atom is -0.493 e. The van der Waals surface area contributed by atoms with E-state index >= 15 is 0 Å². The van der Waals surface area contributed by atoms with Gasteiger partial charge in [0.15, 0.2) is 11.5 Å². The number of esters is 1. The van der Waals surface area contributed by atoms with Crippen molar-refractivity contribution in [3.63, 3.8) is 0 Å². The van der Waals surface area contributed by atoms with Gasteiger partial charge in [-0.25, -0.2) is 0 Å². The number of carbonyl (C=O) groups is 2. The predicted molar refractivity (Wildman–Crippen MR) is 105 cm³/mol. The molecule has 0 aromatic heterocycles. The molecule has 1 aliphatic carbocycles. The highest BCUT2D eigenvalue weighted by Crippen LogP contribution is 2.39. The lowest BCUT2D eigenvalue weighted by atomic mass is 9.90. The number of nitrogens with zero attached hydrogens (tertiary/aromatic N) is 1. The quantitative estimate of drug-likeness (QED) is 0.720. The first-order valence-electron chi connectivity index (χ1n) is 9.90. The highest BCUT2D eigenvalue weighted by atomic mass is 16.5. The maximum atomic E-state index is 12.6. The van der Waals surface area contributed by atoms with E-state index in [1.165, 1.54) is 20.0 Å². The number of hydrogen-bond donors (Lipinski definition) is 1. The van der Waals surface area contributed by atoms with Gasteiger partial charge in [0, 0.05) is 18.6 Å². The van der Waals surface area contributed by atoms with Crippen molar-refractivity contribution in [3.8, 4) is 11.5 Å². The van der Waals surface area contributed by atoms with Gasteiger partial charge in [-0.3, -0.25) is 14.5 Å². The number of methoxy groups -OCH3 is 3. The number of fused-ring (bicyclic) bond motifs is 1. The van der Waals surface area contributed by atoms with E-state index in [0.29, 0.717) is 18.0 Å². The third-order valence-electron chi connectivity index (χ3n) is 5.77. The molecule has 3 rings (SSSR count). The van der Waals surface area contributed by atoms with Crippen LogP contribution < -0.4 is 14.8 Å². The monoisotopic (exact) mass is 390 g/mol. The molecule has 7 nitrogen and oxygen atoms in total. The summed E-state index contributed by atoms with van der Waals surface area (Å²) in [6.45, 7) is 0.966. The second kappa shape index (κ2) is 9.28. The standard InChI is InChI=1S/C21H30N2O5/c1-26-18-10-14-8-9-23(13-20(24)22-15-6-4-5-7-15)17(12-21(25)28-3)16(14)11-19(18)27-2/h10-11,15,17H,4-9,12-13H2,1-3H3,(H,22,24). The number of benzene rings is 1. The summed E-state index contributed by atoms with van der Waals surface area (Å²) in [5.74, 6) is 1.01. The van der Waals surface area contributed by atoms with Crippen LogP contribution in [0.25, 0.3) is 0 Å². The van der Waals surface area contributed by atoms with E-state index in [4.69, 9.17) is 14.2 Å². The molecule has 0 bridgehead atoms. The molecule has 1 amide bonds. The topological polar surface area (TPSA) is 77.1 Å². The van der Waals surface area contributed by atoms with E-state index in [0.717, 1.165) is 30.4 Å². The zero-order valence-corrected chi connectivity index (χ0v) is 17.0. The summed E-state index contributed by atoms with van der Waals surface area (Å²) in [6.07, 6.45) is 5.43. The van der Waals surface area contributed by atoms with Gasteiger partial charge in [-0.1, -0.05) is 12.8 Å². The van der Waals surface area contributed by atoms with Gasteiger partial charge >= 0.3 is 5.97 Å².